The summed E-state index contributed by atoms with van der Waals surface area (Å²) in [5.41, 5.74) is 6.61. The van der Waals surface area contributed by atoms with E-state index in [1.165, 1.54) is 11.4 Å². The van der Waals surface area contributed by atoms with E-state index in [4.69, 9.17) is 0 Å². The Morgan fingerprint density at radius 1 is 0.815 bits per heavy atom. The fourth-order valence-corrected chi connectivity index (χ4v) is 2.32. The van der Waals surface area contributed by atoms with E-state index < -0.39 is 0 Å². The zero-order valence-electron chi connectivity index (χ0n) is 17.1. The smallest absolute Gasteiger partial charge is 0.870 e. The summed E-state index contributed by atoms with van der Waals surface area (Å²) in [6.07, 6.45) is 0. The first-order valence-electron chi connectivity index (χ1n) is 7.89. The van der Waals surface area contributed by atoms with Crippen LogP contribution < -0.4 is 51.4 Å². The maximum Gasteiger partial charge on any atom is 1.00 e. The number of hydrogen-bond acceptors (Lipinski definition) is 4. The minimum absolute atomic E-state index is 0. The Kier molecular flexibility index (Phi) is 16.4. The number of halogens is 2. The Labute approximate surface area is 220 Å². The van der Waals surface area contributed by atoms with Gasteiger partial charge < -0.3 is 5.48 Å². The monoisotopic (exact) mass is 528 g/mol. The van der Waals surface area contributed by atoms with E-state index >= 15 is 0 Å². The molecule has 0 aromatic carbocycles. The molecule has 3 rings (SSSR count). The first kappa shape index (κ1) is 29.4. The number of H-pyrrole nitrogens is 1. The summed E-state index contributed by atoms with van der Waals surface area (Å²) in [4.78, 5) is 0. The van der Waals surface area contributed by atoms with Gasteiger partial charge in [0.1, 0.15) is 6.67 Å². The Balaban J connectivity index is 0. The molecule has 0 unspecified atom stereocenters. The number of nitrogens with zero attached hydrogens (tertiary/aromatic N) is 5. The molecule has 0 aliphatic rings. The summed E-state index contributed by atoms with van der Waals surface area (Å²) in [6, 6.07) is 6.15. The van der Waals surface area contributed by atoms with Crippen molar-refractivity contribution in [3.05, 3.63) is 52.4 Å². The quantitative estimate of drug-likeness (QED) is 0.401. The van der Waals surface area contributed by atoms with E-state index in [-0.39, 0.29) is 56.9 Å². The van der Waals surface area contributed by atoms with Crippen molar-refractivity contribution >= 4 is 31.9 Å². The Morgan fingerprint density at radius 2 is 1.22 bits per heavy atom. The molecular weight excluding hydrogens is 503 g/mol. The molecule has 3 aromatic rings. The molecule has 10 heteroatoms. The second-order valence-corrected chi connectivity index (χ2v) is 8.41. The second kappa shape index (κ2) is 15.1. The van der Waals surface area contributed by atoms with E-state index in [0.717, 1.165) is 27.0 Å². The molecule has 0 aliphatic carbocycles. The van der Waals surface area contributed by atoms with Crippen LogP contribution in [0, 0.1) is 41.5 Å². The summed E-state index contributed by atoms with van der Waals surface area (Å²) in [5.74, 6) is 0. The van der Waals surface area contributed by atoms with Crippen molar-refractivity contribution in [2.75, 3.05) is 4.24 Å². The third kappa shape index (κ3) is 11.1. The van der Waals surface area contributed by atoms with Crippen molar-refractivity contribution < 1.29 is 56.9 Å². The van der Waals surface area contributed by atoms with Crippen LogP contribution in [0.2, 0.25) is 0 Å². The first-order chi connectivity index (χ1) is 11.8. The van der Waals surface area contributed by atoms with E-state index in [0.29, 0.717) is 6.67 Å². The van der Waals surface area contributed by atoms with Crippen LogP contribution in [0.3, 0.4) is 0 Å². The SMILES string of the molecule is BrCBr.Cc1cc(C)[nH]n1.Cc1cc(C)n(Cn2nc(C)cc2C)n1.[K+].[OH-]. The molecule has 3 aromatic heterocycles. The molecule has 146 valence electrons. The van der Waals surface area contributed by atoms with Crippen LogP contribution in [-0.2, 0) is 6.67 Å². The summed E-state index contributed by atoms with van der Waals surface area (Å²) < 4.78 is 4.81. The van der Waals surface area contributed by atoms with Gasteiger partial charge in [-0.2, -0.15) is 15.3 Å². The van der Waals surface area contributed by atoms with Gasteiger partial charge in [0, 0.05) is 17.1 Å². The van der Waals surface area contributed by atoms with Gasteiger partial charge in [-0.25, -0.2) is 9.36 Å². The van der Waals surface area contributed by atoms with E-state index in [1.807, 2.05) is 43.1 Å². The average Bonchev–Trinajstić information content (AvgIpc) is 3.13. The van der Waals surface area contributed by atoms with Gasteiger partial charge in [-0.15, -0.1) is 0 Å². The van der Waals surface area contributed by atoms with Crippen molar-refractivity contribution in [3.63, 3.8) is 0 Å². The van der Waals surface area contributed by atoms with E-state index in [2.05, 4.69) is 78.2 Å². The predicted octanol–water partition coefficient (Wildman–Crippen LogP) is 1.41. The molecule has 0 radical (unpaired) electrons. The number of alkyl halides is 2. The Bertz CT molecular complexity index is 724. The summed E-state index contributed by atoms with van der Waals surface area (Å²) >= 11 is 6.12. The maximum atomic E-state index is 4.41. The van der Waals surface area contributed by atoms with Gasteiger partial charge in [-0.1, -0.05) is 31.9 Å². The predicted molar refractivity (Wildman–Crippen MR) is 112 cm³/mol. The molecule has 2 N–H and O–H groups in total. The number of aromatic nitrogens is 6. The topological polar surface area (TPSA) is 94.3 Å². The Hall–Kier alpha value is 0.186. The third-order valence-electron chi connectivity index (χ3n) is 3.31. The van der Waals surface area contributed by atoms with Crippen LogP contribution in [0.25, 0.3) is 0 Å². The van der Waals surface area contributed by atoms with Crippen molar-refractivity contribution in [2.24, 2.45) is 0 Å². The second-order valence-electron chi connectivity index (χ2n) is 5.79. The molecule has 3 heterocycles. The maximum absolute atomic E-state index is 4.41. The van der Waals surface area contributed by atoms with Gasteiger partial charge in [0.2, 0.25) is 0 Å². The van der Waals surface area contributed by atoms with Crippen molar-refractivity contribution in [2.45, 2.75) is 48.2 Å². The molecule has 0 saturated carbocycles. The van der Waals surface area contributed by atoms with Gasteiger partial charge in [0.15, 0.2) is 0 Å². The largest absolute Gasteiger partial charge is 1.00 e. The molecule has 0 bridgehead atoms. The summed E-state index contributed by atoms with van der Waals surface area (Å²) in [6.45, 7) is 12.8. The van der Waals surface area contributed by atoms with Crippen molar-refractivity contribution in [1.82, 2.24) is 29.8 Å². The van der Waals surface area contributed by atoms with Crippen molar-refractivity contribution in [3.8, 4) is 0 Å². The van der Waals surface area contributed by atoms with Gasteiger partial charge in [-0.3, -0.25) is 5.10 Å². The number of hydrogen-bond donors (Lipinski definition) is 1. The first-order valence-corrected chi connectivity index (χ1v) is 10.1. The zero-order valence-corrected chi connectivity index (χ0v) is 23.4. The fourth-order valence-electron chi connectivity index (χ4n) is 2.32. The van der Waals surface area contributed by atoms with Crippen LogP contribution in [0.5, 0.6) is 0 Å². The van der Waals surface area contributed by atoms with Crippen LogP contribution >= 0.6 is 31.9 Å². The Morgan fingerprint density at radius 3 is 1.41 bits per heavy atom. The molecule has 0 aliphatic heterocycles. The van der Waals surface area contributed by atoms with E-state index in [1.54, 1.807) is 0 Å². The normalized spacial score (nSPS) is 9.19. The van der Waals surface area contributed by atoms with Crippen LogP contribution in [0.1, 0.15) is 34.2 Å². The fraction of sp³-hybridized carbons (Fsp3) is 0.471. The summed E-state index contributed by atoms with van der Waals surface area (Å²) in [5, 5.41) is 15.5. The molecule has 0 saturated heterocycles. The van der Waals surface area contributed by atoms with Gasteiger partial charge in [-0.05, 0) is 59.7 Å². The zero-order chi connectivity index (χ0) is 19.0. The molecule has 0 spiro atoms. The van der Waals surface area contributed by atoms with Crippen LogP contribution in [0.4, 0.5) is 0 Å². The molecule has 7 nitrogen and oxygen atoms in total. The molecule has 0 fully saturated rings. The number of aromatic amines is 1. The average molecular weight is 530 g/mol. The van der Waals surface area contributed by atoms with Gasteiger partial charge >= 0.3 is 51.4 Å². The number of aryl methyl sites for hydroxylation is 6. The molecule has 27 heavy (non-hydrogen) atoms. The standard InChI is InChI=1S/C11H16N4.C5H8N2.CH2Br2.K.H2O/c1-8-5-10(3)14(12-8)7-15-11(4)6-9(2)13-15;1-4-3-5(2)7-6-4;2-1-3;;/h5-6H,7H2,1-4H3;3H,1-2H3,(H,6,7);1H2;;1H2/q;;;+1;/p-1. The molecule has 0 amide bonds. The minimum Gasteiger partial charge on any atom is -0.870 e. The number of rotatable bonds is 2. The summed E-state index contributed by atoms with van der Waals surface area (Å²) in [7, 11) is 0. The third-order valence-corrected chi connectivity index (χ3v) is 3.31. The molecule has 0 atom stereocenters. The van der Waals surface area contributed by atoms with Crippen LogP contribution in [-0.4, -0.2) is 39.5 Å². The minimum atomic E-state index is 0. The van der Waals surface area contributed by atoms with E-state index in [9.17, 15) is 0 Å². The van der Waals surface area contributed by atoms with Gasteiger partial charge in [0.05, 0.1) is 21.3 Å². The van der Waals surface area contributed by atoms with Crippen molar-refractivity contribution in [1.29, 1.82) is 0 Å². The molecular formula is C17H27Br2KN6O. The van der Waals surface area contributed by atoms with Gasteiger partial charge in [0.25, 0.3) is 0 Å². The van der Waals surface area contributed by atoms with Crippen LogP contribution in [0.15, 0.2) is 18.2 Å². The number of nitrogens with one attached hydrogen (secondary N) is 1.